The van der Waals surface area contributed by atoms with Crippen LogP contribution in [0, 0.1) is 0 Å². The van der Waals surface area contributed by atoms with Crippen LogP contribution in [0.4, 0.5) is 11.5 Å². The molecule has 0 spiro atoms. The van der Waals surface area contributed by atoms with Crippen molar-refractivity contribution >= 4 is 45.5 Å². The number of aromatic nitrogens is 3. The van der Waals surface area contributed by atoms with Gasteiger partial charge in [-0.05, 0) is 29.1 Å². The van der Waals surface area contributed by atoms with E-state index in [0.717, 1.165) is 16.5 Å². The van der Waals surface area contributed by atoms with E-state index in [1.807, 2.05) is 24.3 Å². The van der Waals surface area contributed by atoms with Gasteiger partial charge in [-0.1, -0.05) is 23.7 Å². The summed E-state index contributed by atoms with van der Waals surface area (Å²) in [5.74, 6) is 0.470. The minimum atomic E-state index is 0.144. The minimum absolute atomic E-state index is 0.144. The monoisotopic (exact) mass is 290 g/mol. The predicted molar refractivity (Wildman–Crippen MR) is 77.1 cm³/mol. The van der Waals surface area contributed by atoms with Crippen LogP contribution in [0.5, 0.6) is 0 Å². The highest BCUT2D eigenvalue weighted by atomic mass is 35.5. The molecule has 2 heterocycles. The molecule has 94 valence electrons. The Hall–Kier alpha value is -1.91. The second-order valence-corrected chi connectivity index (χ2v) is 4.61. The van der Waals surface area contributed by atoms with Crippen molar-refractivity contribution in [3.05, 3.63) is 53.2 Å². The summed E-state index contributed by atoms with van der Waals surface area (Å²) < 4.78 is 0. The average Bonchev–Trinajstić information content (AvgIpc) is 2.43. The molecule has 2 aromatic heterocycles. The lowest BCUT2D eigenvalue weighted by atomic mass is 10.1. The van der Waals surface area contributed by atoms with Crippen molar-refractivity contribution in [3.8, 4) is 0 Å². The molecule has 0 aliphatic rings. The summed E-state index contributed by atoms with van der Waals surface area (Å²) in [6.45, 7) is 0. The highest BCUT2D eigenvalue weighted by molar-refractivity contribution is 6.33. The van der Waals surface area contributed by atoms with Gasteiger partial charge in [0.1, 0.15) is 5.02 Å². The Morgan fingerprint density at radius 2 is 1.95 bits per heavy atom. The molecule has 0 amide bonds. The molecule has 0 unspecified atom stereocenters. The fourth-order valence-corrected chi connectivity index (χ4v) is 2.05. The second-order valence-electron chi connectivity index (χ2n) is 3.86. The minimum Gasteiger partial charge on any atom is -0.338 e. The summed E-state index contributed by atoms with van der Waals surface area (Å²) in [5.41, 5.74) is 0.863. The normalized spacial score (nSPS) is 10.6. The number of halogens is 2. The Balaban J connectivity index is 2.08. The number of hydrogen-bond acceptors (Lipinski definition) is 4. The van der Waals surface area contributed by atoms with Crippen molar-refractivity contribution < 1.29 is 0 Å². The molecular formula is C13H8Cl2N4. The van der Waals surface area contributed by atoms with Crippen LogP contribution in [-0.2, 0) is 0 Å². The topological polar surface area (TPSA) is 50.7 Å². The number of nitrogens with zero attached hydrogens (tertiary/aromatic N) is 3. The lowest BCUT2D eigenvalue weighted by Gasteiger charge is -2.09. The number of anilines is 2. The molecule has 19 heavy (non-hydrogen) atoms. The van der Waals surface area contributed by atoms with Crippen molar-refractivity contribution in [2.75, 3.05) is 5.32 Å². The van der Waals surface area contributed by atoms with E-state index in [9.17, 15) is 0 Å². The fourth-order valence-electron chi connectivity index (χ4n) is 1.78. The van der Waals surface area contributed by atoms with Gasteiger partial charge in [0, 0.05) is 23.5 Å². The first-order chi connectivity index (χ1) is 9.24. The zero-order valence-corrected chi connectivity index (χ0v) is 11.2. The molecule has 6 heteroatoms. The Kier molecular flexibility index (Phi) is 3.19. The summed E-state index contributed by atoms with van der Waals surface area (Å²) in [6.07, 6.45) is 5.00. The second kappa shape index (κ2) is 4.99. The Morgan fingerprint density at radius 1 is 1.05 bits per heavy atom. The molecule has 0 bridgehead atoms. The third kappa shape index (κ3) is 2.45. The van der Waals surface area contributed by atoms with E-state index in [0.29, 0.717) is 10.8 Å². The van der Waals surface area contributed by atoms with Gasteiger partial charge < -0.3 is 5.32 Å². The summed E-state index contributed by atoms with van der Waals surface area (Å²) in [6, 6.07) is 7.82. The first-order valence-electron chi connectivity index (χ1n) is 5.52. The third-order valence-corrected chi connectivity index (χ3v) is 3.11. The highest BCUT2D eigenvalue weighted by Crippen LogP contribution is 2.28. The van der Waals surface area contributed by atoms with Crippen molar-refractivity contribution in [2.45, 2.75) is 0 Å². The zero-order valence-electron chi connectivity index (χ0n) is 9.64. The molecule has 0 saturated heterocycles. The van der Waals surface area contributed by atoms with Crippen LogP contribution in [0.2, 0.25) is 10.3 Å². The fraction of sp³-hybridized carbons (Fsp3) is 0. The number of hydrogen-bond donors (Lipinski definition) is 1. The van der Waals surface area contributed by atoms with Crippen molar-refractivity contribution in [3.63, 3.8) is 0 Å². The Morgan fingerprint density at radius 3 is 2.84 bits per heavy atom. The van der Waals surface area contributed by atoms with Crippen molar-refractivity contribution in [2.24, 2.45) is 0 Å². The van der Waals surface area contributed by atoms with Gasteiger partial charge in [-0.15, -0.1) is 0 Å². The number of rotatable bonds is 2. The molecule has 1 aromatic carbocycles. The van der Waals surface area contributed by atoms with E-state index in [1.165, 1.54) is 6.20 Å². The van der Waals surface area contributed by atoms with Gasteiger partial charge in [-0.3, -0.25) is 4.98 Å². The smallest absolute Gasteiger partial charge is 0.224 e. The molecular weight excluding hydrogens is 283 g/mol. The summed E-state index contributed by atoms with van der Waals surface area (Å²) in [7, 11) is 0. The maximum absolute atomic E-state index is 6.04. The first kappa shape index (κ1) is 12.1. The van der Waals surface area contributed by atoms with E-state index in [4.69, 9.17) is 23.2 Å². The molecule has 3 aromatic rings. The molecule has 0 fully saturated rings. The van der Waals surface area contributed by atoms with Crippen LogP contribution in [-0.4, -0.2) is 15.0 Å². The summed E-state index contributed by atoms with van der Waals surface area (Å²) >= 11 is 11.8. The molecule has 1 N–H and O–H groups in total. The van der Waals surface area contributed by atoms with Gasteiger partial charge in [0.05, 0.1) is 6.20 Å². The zero-order chi connectivity index (χ0) is 13.2. The number of nitrogens with one attached hydrogen (secondary N) is 1. The number of pyridine rings is 1. The van der Waals surface area contributed by atoms with Gasteiger partial charge in [0.2, 0.25) is 5.28 Å². The van der Waals surface area contributed by atoms with Crippen LogP contribution in [0.1, 0.15) is 0 Å². The molecule has 4 nitrogen and oxygen atoms in total. The molecule has 0 saturated carbocycles. The lowest BCUT2D eigenvalue weighted by Crippen LogP contribution is -1.97. The van der Waals surface area contributed by atoms with Gasteiger partial charge in [-0.25, -0.2) is 4.98 Å². The van der Waals surface area contributed by atoms with Crippen LogP contribution in [0.3, 0.4) is 0 Å². The highest BCUT2D eigenvalue weighted by Gasteiger charge is 2.07. The largest absolute Gasteiger partial charge is 0.338 e. The SMILES string of the molecule is Clc1ncc(Cl)c(Nc2cccc3ccncc23)n1. The Bertz CT molecular complexity index is 740. The third-order valence-electron chi connectivity index (χ3n) is 2.65. The van der Waals surface area contributed by atoms with Gasteiger partial charge in [0.25, 0.3) is 0 Å². The van der Waals surface area contributed by atoms with Crippen molar-refractivity contribution in [1.29, 1.82) is 0 Å². The summed E-state index contributed by atoms with van der Waals surface area (Å²) in [5, 5.41) is 5.76. The van der Waals surface area contributed by atoms with Crippen molar-refractivity contribution in [1.82, 2.24) is 15.0 Å². The summed E-state index contributed by atoms with van der Waals surface area (Å²) in [4.78, 5) is 12.0. The predicted octanol–water partition coefficient (Wildman–Crippen LogP) is 4.08. The van der Waals surface area contributed by atoms with Crippen LogP contribution in [0.25, 0.3) is 10.8 Å². The van der Waals surface area contributed by atoms with Gasteiger partial charge in [-0.2, -0.15) is 4.98 Å². The molecule has 0 atom stereocenters. The van der Waals surface area contributed by atoms with Crippen LogP contribution < -0.4 is 5.32 Å². The van der Waals surface area contributed by atoms with E-state index >= 15 is 0 Å². The number of benzene rings is 1. The maximum atomic E-state index is 6.04. The Labute approximate surface area is 119 Å². The standard InChI is InChI=1S/C13H8Cl2N4/c14-10-7-17-13(15)19-12(10)18-11-3-1-2-8-4-5-16-6-9(8)11/h1-7H,(H,17,18,19). The molecule has 3 rings (SSSR count). The molecule has 0 radical (unpaired) electrons. The van der Waals surface area contributed by atoms with Crippen LogP contribution >= 0.6 is 23.2 Å². The number of fused-ring (bicyclic) bond motifs is 1. The van der Waals surface area contributed by atoms with Gasteiger partial charge >= 0.3 is 0 Å². The average molecular weight is 291 g/mol. The maximum Gasteiger partial charge on any atom is 0.224 e. The van der Waals surface area contributed by atoms with Crippen LogP contribution in [0.15, 0.2) is 42.9 Å². The van der Waals surface area contributed by atoms with E-state index in [-0.39, 0.29) is 5.28 Å². The molecule has 0 aliphatic carbocycles. The quantitative estimate of drug-likeness (QED) is 0.723. The van der Waals surface area contributed by atoms with Gasteiger partial charge in [0.15, 0.2) is 5.82 Å². The molecule has 0 aliphatic heterocycles. The van der Waals surface area contributed by atoms with E-state index in [1.54, 1.807) is 12.4 Å². The van der Waals surface area contributed by atoms with E-state index < -0.39 is 0 Å². The lowest BCUT2D eigenvalue weighted by molar-refractivity contribution is 1.17. The first-order valence-corrected chi connectivity index (χ1v) is 6.27. The van der Waals surface area contributed by atoms with E-state index in [2.05, 4.69) is 20.3 Å².